The normalized spacial score (nSPS) is 19.6. The zero-order valence-corrected chi connectivity index (χ0v) is 16.5. The molecular weight excluding hydrogens is 375 g/mol. The smallest absolute Gasteiger partial charge is 0.256 e. The Balaban J connectivity index is 1.79. The highest BCUT2D eigenvalue weighted by atomic mass is 19.1. The first-order chi connectivity index (χ1) is 13.9. The molecule has 0 radical (unpaired) electrons. The third kappa shape index (κ3) is 4.00. The summed E-state index contributed by atoms with van der Waals surface area (Å²) >= 11 is 0. The van der Waals surface area contributed by atoms with E-state index in [1.807, 2.05) is 25.9 Å². The molecule has 2 bridgehead atoms. The van der Waals surface area contributed by atoms with Crippen LogP contribution in [-0.4, -0.2) is 58.7 Å². The van der Waals surface area contributed by atoms with Gasteiger partial charge >= 0.3 is 0 Å². The second-order valence-electron chi connectivity index (χ2n) is 7.40. The topological polar surface area (TPSA) is 83.8 Å². The number of carbonyl (C=O) groups is 1. The van der Waals surface area contributed by atoms with Gasteiger partial charge in [-0.2, -0.15) is 5.10 Å². The Kier molecular flexibility index (Phi) is 5.06. The second-order valence-corrected chi connectivity index (χ2v) is 7.40. The van der Waals surface area contributed by atoms with Crippen molar-refractivity contribution in [1.29, 1.82) is 0 Å². The van der Waals surface area contributed by atoms with Gasteiger partial charge < -0.3 is 20.3 Å². The highest BCUT2D eigenvalue weighted by molar-refractivity contribution is 5.99. The Morgan fingerprint density at radius 1 is 1.34 bits per heavy atom. The molecule has 2 aromatic heterocycles. The van der Waals surface area contributed by atoms with Crippen molar-refractivity contribution in [2.75, 3.05) is 32.5 Å². The first-order valence-electron chi connectivity index (χ1n) is 9.40. The lowest BCUT2D eigenvalue weighted by Crippen LogP contribution is -2.41. The summed E-state index contributed by atoms with van der Waals surface area (Å²) in [5, 5.41) is 10.4. The van der Waals surface area contributed by atoms with Crippen molar-refractivity contribution >= 4 is 17.4 Å². The molecule has 1 amide bonds. The monoisotopic (exact) mass is 398 g/mol. The van der Waals surface area contributed by atoms with Crippen LogP contribution in [0.15, 0.2) is 36.7 Å². The van der Waals surface area contributed by atoms with Crippen molar-refractivity contribution in [1.82, 2.24) is 24.8 Å². The molecule has 0 unspecified atom stereocenters. The number of nitrogens with one attached hydrogen (secondary N) is 2. The highest BCUT2D eigenvalue weighted by Crippen LogP contribution is 2.29. The number of carbonyl (C=O) groups excluding carboxylic acids is 1. The molecule has 9 heteroatoms. The van der Waals surface area contributed by atoms with Gasteiger partial charge in [0.25, 0.3) is 5.91 Å². The summed E-state index contributed by atoms with van der Waals surface area (Å²) in [6.45, 7) is 2.77. The molecule has 29 heavy (non-hydrogen) atoms. The fraction of sp³-hybridized carbons (Fsp3) is 0.350. The number of ether oxygens (including phenoxy) is 1. The molecule has 4 rings (SSSR count). The van der Waals surface area contributed by atoms with Gasteiger partial charge in [-0.15, -0.1) is 0 Å². The van der Waals surface area contributed by atoms with E-state index in [2.05, 4.69) is 20.7 Å². The predicted molar refractivity (Wildman–Crippen MR) is 107 cm³/mol. The van der Waals surface area contributed by atoms with E-state index in [0.29, 0.717) is 34.9 Å². The molecule has 0 spiro atoms. The van der Waals surface area contributed by atoms with Crippen LogP contribution in [-0.2, 0) is 0 Å². The number of halogens is 1. The van der Waals surface area contributed by atoms with Crippen molar-refractivity contribution in [2.45, 2.75) is 19.1 Å². The molecule has 1 aliphatic rings. The first-order valence-corrected chi connectivity index (χ1v) is 9.40. The lowest BCUT2D eigenvalue weighted by atomic mass is 10.1. The average molecular weight is 398 g/mol. The number of aromatic nitrogens is 3. The van der Waals surface area contributed by atoms with E-state index in [0.717, 1.165) is 0 Å². The van der Waals surface area contributed by atoms with Gasteiger partial charge in [-0.25, -0.2) is 13.9 Å². The van der Waals surface area contributed by atoms with Crippen LogP contribution in [0.4, 0.5) is 10.2 Å². The molecular formula is C20H23FN6O2. The average Bonchev–Trinajstić information content (AvgIpc) is 3.09. The van der Waals surface area contributed by atoms with Crippen LogP contribution in [0.3, 0.4) is 0 Å². The maximum Gasteiger partial charge on any atom is 0.256 e. The van der Waals surface area contributed by atoms with Crippen LogP contribution in [0.5, 0.6) is 5.75 Å². The molecule has 1 aromatic carbocycles. The summed E-state index contributed by atoms with van der Waals surface area (Å²) in [6.07, 6.45) is 2.90. The van der Waals surface area contributed by atoms with E-state index >= 15 is 0 Å². The number of rotatable bonds is 2. The SMILES string of the molecule is C[C@H]1Nc2ccn3ncc(c3n2)C(=O)NC[C@H](CN(C)C)Oc2ccc(F)cc21. The Labute approximate surface area is 167 Å². The van der Waals surface area contributed by atoms with Crippen molar-refractivity contribution in [3.05, 3.63) is 53.6 Å². The molecule has 152 valence electrons. The zero-order valence-electron chi connectivity index (χ0n) is 16.5. The number of likely N-dealkylation sites (N-methyl/N-ethyl adjacent to an activating group) is 1. The highest BCUT2D eigenvalue weighted by Gasteiger charge is 2.22. The zero-order chi connectivity index (χ0) is 20.5. The maximum absolute atomic E-state index is 14.0. The fourth-order valence-corrected chi connectivity index (χ4v) is 3.41. The molecule has 0 saturated heterocycles. The van der Waals surface area contributed by atoms with Gasteiger partial charge in [0.2, 0.25) is 0 Å². The van der Waals surface area contributed by atoms with E-state index in [4.69, 9.17) is 4.74 Å². The van der Waals surface area contributed by atoms with Gasteiger partial charge in [0.1, 0.15) is 29.1 Å². The lowest BCUT2D eigenvalue weighted by Gasteiger charge is -2.25. The minimum absolute atomic E-state index is 0.272. The van der Waals surface area contributed by atoms with Gasteiger partial charge in [-0.1, -0.05) is 0 Å². The van der Waals surface area contributed by atoms with E-state index in [1.165, 1.54) is 18.3 Å². The maximum atomic E-state index is 14.0. The summed E-state index contributed by atoms with van der Waals surface area (Å²) in [6, 6.07) is 5.94. The first kappa shape index (κ1) is 19.1. The van der Waals surface area contributed by atoms with Crippen molar-refractivity contribution in [2.24, 2.45) is 0 Å². The Morgan fingerprint density at radius 3 is 2.97 bits per heavy atom. The van der Waals surface area contributed by atoms with Crippen LogP contribution in [0, 0.1) is 5.82 Å². The second kappa shape index (κ2) is 7.67. The molecule has 0 fully saturated rings. The number of amides is 1. The van der Waals surface area contributed by atoms with Crippen molar-refractivity contribution in [3.63, 3.8) is 0 Å². The summed E-state index contributed by atoms with van der Waals surface area (Å²) < 4.78 is 21.7. The van der Waals surface area contributed by atoms with Crippen molar-refractivity contribution in [3.8, 4) is 5.75 Å². The Hall–Kier alpha value is -3.20. The molecule has 3 heterocycles. The number of fused-ring (bicyclic) bond motifs is 2. The minimum Gasteiger partial charge on any atom is -0.487 e. The largest absolute Gasteiger partial charge is 0.487 e. The Bertz CT molecular complexity index is 1050. The summed E-state index contributed by atoms with van der Waals surface area (Å²) in [7, 11) is 3.86. The molecule has 3 aromatic rings. The molecule has 2 atom stereocenters. The van der Waals surface area contributed by atoms with Crippen molar-refractivity contribution < 1.29 is 13.9 Å². The van der Waals surface area contributed by atoms with E-state index in [-0.39, 0.29) is 30.4 Å². The van der Waals surface area contributed by atoms with Crippen LogP contribution in [0.25, 0.3) is 5.65 Å². The summed E-state index contributed by atoms with van der Waals surface area (Å²) in [4.78, 5) is 19.2. The molecule has 2 N–H and O–H groups in total. The molecule has 0 aliphatic carbocycles. The minimum atomic E-state index is -0.343. The van der Waals surface area contributed by atoms with E-state index < -0.39 is 0 Å². The fourth-order valence-electron chi connectivity index (χ4n) is 3.41. The third-order valence-electron chi connectivity index (χ3n) is 4.77. The Morgan fingerprint density at radius 2 is 2.17 bits per heavy atom. The van der Waals surface area contributed by atoms with E-state index in [1.54, 1.807) is 22.8 Å². The number of benzene rings is 1. The van der Waals surface area contributed by atoms with Crippen LogP contribution < -0.4 is 15.4 Å². The third-order valence-corrected chi connectivity index (χ3v) is 4.77. The van der Waals surface area contributed by atoms with Gasteiger partial charge in [-0.3, -0.25) is 4.79 Å². The predicted octanol–water partition coefficient (Wildman–Crippen LogP) is 2.09. The summed E-state index contributed by atoms with van der Waals surface area (Å²) in [5.41, 5.74) is 1.51. The number of anilines is 1. The lowest BCUT2D eigenvalue weighted by molar-refractivity contribution is 0.0914. The van der Waals surface area contributed by atoms with Gasteiger partial charge in [-0.05, 0) is 45.3 Å². The number of nitrogens with zero attached hydrogens (tertiary/aromatic N) is 4. The quantitative estimate of drug-likeness (QED) is 0.688. The summed E-state index contributed by atoms with van der Waals surface area (Å²) in [5.74, 6) is 0.502. The molecule has 8 nitrogen and oxygen atoms in total. The number of hydrogen-bond acceptors (Lipinski definition) is 6. The molecule has 0 saturated carbocycles. The van der Waals surface area contributed by atoms with Crippen LogP contribution in [0.2, 0.25) is 0 Å². The van der Waals surface area contributed by atoms with E-state index in [9.17, 15) is 9.18 Å². The van der Waals surface area contributed by atoms with Gasteiger partial charge in [0.15, 0.2) is 5.65 Å². The molecule has 1 aliphatic heterocycles. The van der Waals surface area contributed by atoms with Gasteiger partial charge in [0.05, 0.1) is 18.8 Å². The van der Waals surface area contributed by atoms with Gasteiger partial charge in [0, 0.05) is 18.3 Å². The van der Waals surface area contributed by atoms with Crippen LogP contribution in [0.1, 0.15) is 28.9 Å². The van der Waals surface area contributed by atoms with Crippen LogP contribution >= 0.6 is 0 Å². The number of hydrogen-bond donors (Lipinski definition) is 2. The standard InChI is InChI=1S/C20H23FN6O2/c1-12-15-8-13(21)4-5-17(15)29-14(11-26(2)3)9-22-20(28)16-10-23-27-7-6-18(24-12)25-19(16)27/h4-8,10,12,14H,9,11H2,1-3H3,(H,22,28)(H,24,25)/t12-,14-/m1/s1.